The van der Waals surface area contributed by atoms with E-state index in [1.165, 1.54) is 5.56 Å². The summed E-state index contributed by atoms with van der Waals surface area (Å²) in [6.07, 6.45) is 3.68. The van der Waals surface area contributed by atoms with Crippen molar-refractivity contribution in [2.45, 2.75) is 13.1 Å². The number of benzene rings is 2. The Morgan fingerprint density at radius 2 is 1.81 bits per heavy atom. The molecule has 0 amide bonds. The SMILES string of the molecule is c1ccc(Cn2cnc3c(NCc4ccc5c(c4)OCO5)nccc32)cc1. The lowest BCUT2D eigenvalue weighted by Crippen LogP contribution is -2.02. The minimum Gasteiger partial charge on any atom is -0.454 e. The molecule has 0 bridgehead atoms. The van der Waals surface area contributed by atoms with Crippen LogP contribution in [-0.4, -0.2) is 21.3 Å². The van der Waals surface area contributed by atoms with E-state index >= 15 is 0 Å². The molecule has 3 heterocycles. The highest BCUT2D eigenvalue weighted by Gasteiger charge is 2.14. The Morgan fingerprint density at radius 1 is 0.926 bits per heavy atom. The zero-order valence-corrected chi connectivity index (χ0v) is 14.6. The lowest BCUT2D eigenvalue weighted by atomic mass is 10.2. The number of pyridine rings is 1. The number of aromatic nitrogens is 3. The summed E-state index contributed by atoms with van der Waals surface area (Å²) in [6, 6.07) is 18.3. The molecule has 1 aliphatic rings. The first kappa shape index (κ1) is 15.7. The van der Waals surface area contributed by atoms with E-state index in [0.29, 0.717) is 6.54 Å². The van der Waals surface area contributed by atoms with Crippen LogP contribution in [0.5, 0.6) is 11.5 Å². The topological polar surface area (TPSA) is 61.2 Å². The van der Waals surface area contributed by atoms with Crippen LogP contribution in [0.4, 0.5) is 5.82 Å². The van der Waals surface area contributed by atoms with E-state index in [-0.39, 0.29) is 6.79 Å². The van der Waals surface area contributed by atoms with Crippen LogP contribution >= 0.6 is 0 Å². The molecule has 0 fully saturated rings. The maximum atomic E-state index is 5.44. The number of rotatable bonds is 5. The molecule has 5 rings (SSSR count). The molecule has 6 heteroatoms. The first-order valence-electron chi connectivity index (χ1n) is 8.83. The molecule has 0 saturated heterocycles. The van der Waals surface area contributed by atoms with Gasteiger partial charge in [-0.3, -0.25) is 0 Å². The number of nitrogens with zero attached hydrogens (tertiary/aromatic N) is 3. The largest absolute Gasteiger partial charge is 0.454 e. The van der Waals surface area contributed by atoms with Gasteiger partial charge in [-0.1, -0.05) is 36.4 Å². The molecule has 0 saturated carbocycles. The Balaban J connectivity index is 1.38. The van der Waals surface area contributed by atoms with Crippen molar-refractivity contribution < 1.29 is 9.47 Å². The second-order valence-electron chi connectivity index (χ2n) is 6.43. The van der Waals surface area contributed by atoms with Crippen molar-refractivity contribution in [1.29, 1.82) is 0 Å². The zero-order valence-electron chi connectivity index (χ0n) is 14.6. The zero-order chi connectivity index (χ0) is 18.1. The van der Waals surface area contributed by atoms with Crippen LogP contribution in [-0.2, 0) is 13.1 Å². The molecule has 1 N–H and O–H groups in total. The first-order chi connectivity index (χ1) is 13.4. The molecular weight excluding hydrogens is 340 g/mol. The molecule has 6 nitrogen and oxygen atoms in total. The Labute approximate surface area is 156 Å². The van der Waals surface area contributed by atoms with Gasteiger partial charge in [0.25, 0.3) is 0 Å². The quantitative estimate of drug-likeness (QED) is 0.588. The number of fused-ring (bicyclic) bond motifs is 2. The molecule has 0 unspecified atom stereocenters. The van der Waals surface area contributed by atoms with Crippen LogP contribution in [0.1, 0.15) is 11.1 Å². The predicted octanol–water partition coefficient (Wildman–Crippen LogP) is 3.82. The van der Waals surface area contributed by atoms with E-state index < -0.39 is 0 Å². The molecular formula is C21H18N4O2. The number of anilines is 1. The summed E-state index contributed by atoms with van der Waals surface area (Å²) in [5.41, 5.74) is 4.27. The smallest absolute Gasteiger partial charge is 0.231 e. The number of hydrogen-bond donors (Lipinski definition) is 1. The molecule has 27 heavy (non-hydrogen) atoms. The second kappa shape index (κ2) is 6.64. The highest BCUT2D eigenvalue weighted by Crippen LogP contribution is 2.32. The monoisotopic (exact) mass is 358 g/mol. The molecule has 1 aliphatic heterocycles. The van der Waals surface area contributed by atoms with Crippen LogP contribution < -0.4 is 14.8 Å². The van der Waals surface area contributed by atoms with Gasteiger partial charge in [0.15, 0.2) is 17.3 Å². The molecule has 0 spiro atoms. The number of hydrogen-bond acceptors (Lipinski definition) is 5. The van der Waals surface area contributed by atoms with Crippen LogP contribution in [0.15, 0.2) is 67.1 Å². The summed E-state index contributed by atoms with van der Waals surface area (Å²) in [5, 5.41) is 3.39. The van der Waals surface area contributed by atoms with E-state index in [2.05, 4.69) is 32.0 Å². The summed E-state index contributed by atoms with van der Waals surface area (Å²) in [5.74, 6) is 2.35. The first-order valence-corrected chi connectivity index (χ1v) is 8.83. The van der Waals surface area contributed by atoms with Crippen molar-refractivity contribution >= 4 is 16.9 Å². The van der Waals surface area contributed by atoms with Crippen LogP contribution in [0.25, 0.3) is 11.0 Å². The van der Waals surface area contributed by atoms with Gasteiger partial charge in [-0.25, -0.2) is 9.97 Å². The third-order valence-electron chi connectivity index (χ3n) is 4.63. The third-order valence-corrected chi connectivity index (χ3v) is 4.63. The van der Waals surface area contributed by atoms with Gasteiger partial charge < -0.3 is 19.4 Å². The standard InChI is InChI=1S/C21H18N4O2/c1-2-4-15(5-3-1)12-25-13-24-20-17(25)8-9-22-21(20)23-11-16-6-7-18-19(10-16)27-14-26-18/h1-10,13H,11-12,14H2,(H,22,23). The molecule has 4 aromatic rings. The van der Waals surface area contributed by atoms with Crippen molar-refractivity contribution in [3.8, 4) is 11.5 Å². The summed E-state index contributed by atoms with van der Waals surface area (Å²) >= 11 is 0. The summed E-state index contributed by atoms with van der Waals surface area (Å²) in [6.45, 7) is 1.70. The Bertz CT molecular complexity index is 1090. The van der Waals surface area contributed by atoms with Crippen molar-refractivity contribution in [2.75, 3.05) is 12.1 Å². The van der Waals surface area contributed by atoms with Crippen LogP contribution in [0.2, 0.25) is 0 Å². The summed E-state index contributed by atoms with van der Waals surface area (Å²) in [7, 11) is 0. The lowest BCUT2D eigenvalue weighted by molar-refractivity contribution is 0.174. The highest BCUT2D eigenvalue weighted by atomic mass is 16.7. The van der Waals surface area contributed by atoms with Gasteiger partial charge in [-0.2, -0.15) is 0 Å². The molecule has 2 aromatic carbocycles. The average Bonchev–Trinajstić information content (AvgIpc) is 3.34. The maximum Gasteiger partial charge on any atom is 0.231 e. The number of nitrogens with one attached hydrogen (secondary N) is 1. The fourth-order valence-electron chi connectivity index (χ4n) is 3.26. The van der Waals surface area contributed by atoms with Crippen molar-refractivity contribution in [3.63, 3.8) is 0 Å². The van der Waals surface area contributed by atoms with Gasteiger partial charge in [0.2, 0.25) is 6.79 Å². The van der Waals surface area contributed by atoms with Gasteiger partial charge in [0.1, 0.15) is 5.52 Å². The van der Waals surface area contributed by atoms with Gasteiger partial charge in [-0.15, -0.1) is 0 Å². The van der Waals surface area contributed by atoms with Gasteiger partial charge in [0, 0.05) is 19.3 Å². The van der Waals surface area contributed by atoms with E-state index in [4.69, 9.17) is 9.47 Å². The molecule has 0 radical (unpaired) electrons. The Kier molecular flexibility index (Phi) is 3.86. The van der Waals surface area contributed by atoms with Gasteiger partial charge in [-0.05, 0) is 29.3 Å². The van der Waals surface area contributed by atoms with Crippen LogP contribution in [0, 0.1) is 0 Å². The normalized spacial score (nSPS) is 12.4. The Morgan fingerprint density at radius 3 is 2.74 bits per heavy atom. The van der Waals surface area contributed by atoms with Gasteiger partial charge in [0.05, 0.1) is 11.8 Å². The minimum atomic E-state index is 0.284. The van der Waals surface area contributed by atoms with Crippen molar-refractivity contribution in [2.24, 2.45) is 0 Å². The van der Waals surface area contributed by atoms with Crippen LogP contribution in [0.3, 0.4) is 0 Å². The number of imidazole rings is 1. The predicted molar refractivity (Wildman–Crippen MR) is 103 cm³/mol. The van der Waals surface area contributed by atoms with E-state index in [1.54, 1.807) is 0 Å². The number of ether oxygens (including phenoxy) is 2. The summed E-state index contributed by atoms with van der Waals surface area (Å²) < 4.78 is 12.9. The lowest BCUT2D eigenvalue weighted by Gasteiger charge is -2.08. The summed E-state index contributed by atoms with van der Waals surface area (Å²) in [4.78, 5) is 9.05. The van der Waals surface area contributed by atoms with E-state index in [0.717, 1.165) is 40.5 Å². The molecule has 2 aromatic heterocycles. The minimum absolute atomic E-state index is 0.284. The van der Waals surface area contributed by atoms with Crippen molar-refractivity contribution in [1.82, 2.24) is 14.5 Å². The average molecular weight is 358 g/mol. The molecule has 0 atom stereocenters. The fraction of sp³-hybridized carbons (Fsp3) is 0.143. The maximum absolute atomic E-state index is 5.44. The molecule has 0 aliphatic carbocycles. The van der Waals surface area contributed by atoms with Gasteiger partial charge >= 0.3 is 0 Å². The fourth-order valence-corrected chi connectivity index (χ4v) is 3.26. The molecule has 134 valence electrons. The second-order valence-corrected chi connectivity index (χ2v) is 6.43. The van der Waals surface area contributed by atoms with E-state index in [1.807, 2.05) is 55.0 Å². The van der Waals surface area contributed by atoms with E-state index in [9.17, 15) is 0 Å². The Hall–Kier alpha value is -3.54. The third kappa shape index (κ3) is 3.06. The highest BCUT2D eigenvalue weighted by molar-refractivity contribution is 5.85. The van der Waals surface area contributed by atoms with Crippen molar-refractivity contribution in [3.05, 3.63) is 78.2 Å².